The number of carbonyl (C=O) groups is 1. The molecule has 0 saturated heterocycles. The number of hydrogen-bond donors (Lipinski definition) is 1. The van der Waals surface area contributed by atoms with Crippen molar-refractivity contribution < 1.29 is 13.6 Å². The molecule has 0 aliphatic carbocycles. The van der Waals surface area contributed by atoms with Crippen molar-refractivity contribution in [1.29, 1.82) is 0 Å². The van der Waals surface area contributed by atoms with Crippen LogP contribution in [0.5, 0.6) is 0 Å². The molecule has 0 unspecified atom stereocenters. The number of nitrogens with one attached hydrogen (secondary N) is 1. The Hall–Kier alpha value is -1.89. The molecule has 0 spiro atoms. The van der Waals surface area contributed by atoms with Crippen LogP contribution in [0.3, 0.4) is 0 Å². The Kier molecular flexibility index (Phi) is 4.46. The Morgan fingerprint density at radius 1 is 1.44 bits per heavy atom. The average Bonchev–Trinajstić information content (AvgIpc) is 2.24. The SMILES string of the molecule is CC(=O)NCC#Cc1ccccc1C(F)F. The van der Waals surface area contributed by atoms with Crippen molar-refractivity contribution in [2.24, 2.45) is 0 Å². The van der Waals surface area contributed by atoms with Crippen LogP contribution in [0.15, 0.2) is 24.3 Å². The third-order valence-corrected chi connectivity index (χ3v) is 1.84. The Morgan fingerprint density at radius 3 is 2.75 bits per heavy atom. The fourth-order valence-corrected chi connectivity index (χ4v) is 1.11. The summed E-state index contributed by atoms with van der Waals surface area (Å²) in [5, 5.41) is 2.46. The first-order chi connectivity index (χ1) is 7.61. The van der Waals surface area contributed by atoms with Crippen LogP contribution >= 0.6 is 0 Å². The summed E-state index contributed by atoms with van der Waals surface area (Å²) in [5.41, 5.74) is 0.209. The number of carbonyl (C=O) groups excluding carboxylic acids is 1. The van der Waals surface area contributed by atoms with Crippen LogP contribution in [0.4, 0.5) is 8.78 Å². The van der Waals surface area contributed by atoms with Gasteiger partial charge in [0.05, 0.1) is 6.54 Å². The fraction of sp³-hybridized carbons (Fsp3) is 0.250. The lowest BCUT2D eigenvalue weighted by Crippen LogP contribution is -2.19. The van der Waals surface area contributed by atoms with E-state index in [-0.39, 0.29) is 18.0 Å². The zero-order valence-electron chi connectivity index (χ0n) is 8.76. The zero-order chi connectivity index (χ0) is 12.0. The van der Waals surface area contributed by atoms with Crippen molar-refractivity contribution in [3.63, 3.8) is 0 Å². The summed E-state index contributed by atoms with van der Waals surface area (Å²) >= 11 is 0. The van der Waals surface area contributed by atoms with Crippen molar-refractivity contribution in [3.05, 3.63) is 35.4 Å². The molecule has 0 radical (unpaired) electrons. The van der Waals surface area contributed by atoms with Gasteiger partial charge in [-0.1, -0.05) is 30.0 Å². The van der Waals surface area contributed by atoms with Crippen molar-refractivity contribution >= 4 is 5.91 Å². The third-order valence-electron chi connectivity index (χ3n) is 1.84. The Morgan fingerprint density at radius 2 is 2.12 bits per heavy atom. The van der Waals surface area contributed by atoms with Gasteiger partial charge in [0, 0.05) is 18.1 Å². The lowest BCUT2D eigenvalue weighted by molar-refractivity contribution is -0.118. The van der Waals surface area contributed by atoms with Gasteiger partial charge in [0.25, 0.3) is 6.43 Å². The first-order valence-electron chi connectivity index (χ1n) is 4.71. The molecule has 0 bridgehead atoms. The van der Waals surface area contributed by atoms with Gasteiger partial charge in [0.1, 0.15) is 0 Å². The van der Waals surface area contributed by atoms with Crippen molar-refractivity contribution in [2.75, 3.05) is 6.54 Å². The molecule has 1 rings (SSSR count). The molecule has 84 valence electrons. The number of hydrogen-bond acceptors (Lipinski definition) is 1. The lowest BCUT2D eigenvalue weighted by atomic mass is 10.1. The summed E-state index contributed by atoms with van der Waals surface area (Å²) in [4.78, 5) is 10.5. The highest BCUT2D eigenvalue weighted by Gasteiger charge is 2.09. The zero-order valence-corrected chi connectivity index (χ0v) is 8.76. The van der Waals surface area contributed by atoms with Gasteiger partial charge >= 0.3 is 0 Å². The smallest absolute Gasteiger partial charge is 0.265 e. The first kappa shape index (κ1) is 12.2. The number of amides is 1. The molecule has 2 nitrogen and oxygen atoms in total. The fourth-order valence-electron chi connectivity index (χ4n) is 1.11. The van der Waals surface area contributed by atoms with E-state index in [0.717, 1.165) is 0 Å². The Labute approximate surface area is 92.7 Å². The number of rotatable bonds is 2. The average molecular weight is 223 g/mol. The molecule has 0 atom stereocenters. The molecular formula is C12H11F2NO. The van der Waals surface area contributed by atoms with E-state index in [0.29, 0.717) is 5.56 Å². The minimum atomic E-state index is -2.54. The van der Waals surface area contributed by atoms with Crippen LogP contribution in [0.25, 0.3) is 0 Å². The minimum absolute atomic E-state index is 0.0853. The molecule has 1 aromatic carbocycles. The minimum Gasteiger partial charge on any atom is -0.345 e. The molecule has 0 saturated carbocycles. The molecular weight excluding hydrogens is 212 g/mol. The number of alkyl halides is 2. The second-order valence-corrected chi connectivity index (χ2v) is 3.10. The van der Waals surface area contributed by atoms with E-state index in [1.165, 1.54) is 19.1 Å². The van der Waals surface area contributed by atoms with Gasteiger partial charge in [-0.25, -0.2) is 8.78 Å². The van der Waals surface area contributed by atoms with Crippen LogP contribution in [0.1, 0.15) is 24.5 Å². The first-order valence-corrected chi connectivity index (χ1v) is 4.71. The quantitative estimate of drug-likeness (QED) is 0.764. The highest BCUT2D eigenvalue weighted by molar-refractivity contribution is 5.73. The lowest BCUT2D eigenvalue weighted by Gasteiger charge is -2.01. The van der Waals surface area contributed by atoms with Crippen LogP contribution in [0.2, 0.25) is 0 Å². The van der Waals surface area contributed by atoms with Crippen LogP contribution in [-0.2, 0) is 4.79 Å². The van der Waals surface area contributed by atoms with Gasteiger partial charge < -0.3 is 5.32 Å². The number of halogens is 2. The van der Waals surface area contributed by atoms with Gasteiger partial charge in [-0.2, -0.15) is 0 Å². The predicted octanol–water partition coefficient (Wildman–Crippen LogP) is 2.11. The van der Waals surface area contributed by atoms with Crippen LogP contribution in [-0.4, -0.2) is 12.5 Å². The van der Waals surface area contributed by atoms with Gasteiger partial charge in [0.15, 0.2) is 0 Å². The van der Waals surface area contributed by atoms with Gasteiger partial charge in [-0.05, 0) is 6.07 Å². The predicted molar refractivity (Wildman–Crippen MR) is 57.0 cm³/mol. The maximum atomic E-state index is 12.5. The largest absolute Gasteiger partial charge is 0.345 e. The molecule has 0 aliphatic rings. The maximum absolute atomic E-state index is 12.5. The second-order valence-electron chi connectivity index (χ2n) is 3.10. The van der Waals surface area contributed by atoms with Crippen LogP contribution < -0.4 is 5.32 Å². The van der Waals surface area contributed by atoms with E-state index in [1.54, 1.807) is 12.1 Å². The van der Waals surface area contributed by atoms with Crippen molar-refractivity contribution in [3.8, 4) is 11.8 Å². The summed E-state index contributed by atoms with van der Waals surface area (Å²) < 4.78 is 25.1. The third kappa shape index (κ3) is 3.70. The summed E-state index contributed by atoms with van der Waals surface area (Å²) in [7, 11) is 0. The van der Waals surface area contributed by atoms with E-state index in [2.05, 4.69) is 17.2 Å². The molecule has 1 aromatic rings. The van der Waals surface area contributed by atoms with Crippen molar-refractivity contribution in [2.45, 2.75) is 13.3 Å². The van der Waals surface area contributed by atoms with Gasteiger partial charge in [0.2, 0.25) is 5.91 Å². The molecule has 4 heteroatoms. The molecule has 1 N–H and O–H groups in total. The van der Waals surface area contributed by atoms with Crippen molar-refractivity contribution in [1.82, 2.24) is 5.32 Å². The normalized spacial score (nSPS) is 9.50. The summed E-state index contributed by atoms with van der Waals surface area (Å²) in [6, 6.07) is 6.06. The van der Waals surface area contributed by atoms with E-state index < -0.39 is 6.43 Å². The monoisotopic (exact) mass is 223 g/mol. The topological polar surface area (TPSA) is 29.1 Å². The second kappa shape index (κ2) is 5.86. The van der Waals surface area contributed by atoms with E-state index in [4.69, 9.17) is 0 Å². The summed E-state index contributed by atoms with van der Waals surface area (Å²) in [6.45, 7) is 1.53. The molecule has 1 amide bonds. The standard InChI is InChI=1S/C12H11F2NO/c1-9(16)15-8-4-6-10-5-2-3-7-11(10)12(13)14/h2-3,5,7,12H,8H2,1H3,(H,15,16). The van der Waals surface area contributed by atoms with Crippen LogP contribution in [0, 0.1) is 11.8 Å². The molecule has 16 heavy (non-hydrogen) atoms. The molecule has 0 aliphatic heterocycles. The highest BCUT2D eigenvalue weighted by atomic mass is 19.3. The molecule has 0 fully saturated rings. The Bertz CT molecular complexity index is 432. The highest BCUT2D eigenvalue weighted by Crippen LogP contribution is 2.21. The van der Waals surface area contributed by atoms with E-state index in [1.807, 2.05) is 0 Å². The van der Waals surface area contributed by atoms with Gasteiger partial charge in [-0.3, -0.25) is 4.79 Å². The summed E-state index contributed by atoms with van der Waals surface area (Å²) in [6.07, 6.45) is -2.54. The number of benzene rings is 1. The van der Waals surface area contributed by atoms with E-state index >= 15 is 0 Å². The summed E-state index contributed by atoms with van der Waals surface area (Å²) in [5.74, 6) is 5.02. The molecule has 0 aromatic heterocycles. The van der Waals surface area contributed by atoms with E-state index in [9.17, 15) is 13.6 Å². The maximum Gasteiger partial charge on any atom is 0.265 e. The van der Waals surface area contributed by atoms with Gasteiger partial charge in [-0.15, -0.1) is 0 Å². The molecule has 0 heterocycles. The Balaban J connectivity index is 2.76.